The molecule has 0 aliphatic rings. The predicted molar refractivity (Wildman–Crippen MR) is 109 cm³/mol. The van der Waals surface area contributed by atoms with E-state index in [0.29, 0.717) is 33.6 Å². The van der Waals surface area contributed by atoms with E-state index in [2.05, 4.69) is 11.1 Å². The van der Waals surface area contributed by atoms with Crippen LogP contribution >= 0.6 is 0 Å². The molecule has 2 heterocycles. The molecule has 2 aromatic carbocycles. The Morgan fingerprint density at radius 1 is 0.897 bits per heavy atom. The normalized spacial score (nSPS) is 10.4. The second kappa shape index (κ2) is 7.33. The number of aromatic nitrogens is 2. The van der Waals surface area contributed by atoms with Gasteiger partial charge in [-0.05, 0) is 36.4 Å². The Hall–Kier alpha value is -4.37. The first-order valence-electron chi connectivity index (χ1n) is 8.78. The Labute approximate surface area is 166 Å². The van der Waals surface area contributed by atoms with E-state index in [9.17, 15) is 20.3 Å². The Morgan fingerprint density at radius 2 is 1.69 bits per heavy atom. The Kier molecular flexibility index (Phi) is 4.55. The summed E-state index contributed by atoms with van der Waals surface area (Å²) in [5.74, 6) is -0.616. The topological polar surface area (TPSA) is 99.1 Å². The zero-order valence-electron chi connectivity index (χ0n) is 15.1. The maximum atomic E-state index is 13.3. The highest BCUT2D eigenvalue weighted by Gasteiger charge is 2.15. The fourth-order valence-electron chi connectivity index (χ4n) is 3.12. The van der Waals surface area contributed by atoms with Gasteiger partial charge in [0.15, 0.2) is 11.5 Å². The van der Waals surface area contributed by atoms with Crippen molar-refractivity contribution in [2.24, 2.45) is 0 Å². The molecule has 0 bridgehead atoms. The van der Waals surface area contributed by atoms with E-state index in [1.807, 2.05) is 12.1 Å². The number of nitrogens with zero attached hydrogens (tertiary/aromatic N) is 3. The number of phenolic OH excluding ortho intramolecular Hbond substituents is 2. The summed E-state index contributed by atoms with van der Waals surface area (Å²) >= 11 is 0. The highest BCUT2D eigenvalue weighted by molar-refractivity contribution is 5.75. The van der Waals surface area contributed by atoms with Gasteiger partial charge in [0.05, 0.1) is 23.0 Å². The van der Waals surface area contributed by atoms with Crippen LogP contribution in [0.5, 0.6) is 11.5 Å². The summed E-state index contributed by atoms with van der Waals surface area (Å²) in [6.07, 6.45) is 3.27. The number of hydrogen-bond acceptors (Lipinski definition) is 5. The summed E-state index contributed by atoms with van der Waals surface area (Å²) in [7, 11) is 0. The summed E-state index contributed by atoms with van der Waals surface area (Å²) in [5, 5.41) is 29.0. The maximum Gasteiger partial charge on any atom is 0.263 e. The van der Waals surface area contributed by atoms with E-state index in [4.69, 9.17) is 0 Å². The maximum absolute atomic E-state index is 13.3. The molecule has 6 heteroatoms. The van der Waals surface area contributed by atoms with E-state index in [0.717, 1.165) is 0 Å². The average Bonchev–Trinajstić information content (AvgIpc) is 2.76. The van der Waals surface area contributed by atoms with Gasteiger partial charge >= 0.3 is 0 Å². The molecule has 0 amide bonds. The molecule has 0 aliphatic carbocycles. The number of nitriles is 1. The van der Waals surface area contributed by atoms with Crippen LogP contribution in [0.1, 0.15) is 5.56 Å². The van der Waals surface area contributed by atoms with E-state index in [-0.39, 0.29) is 17.1 Å². The third-order valence-corrected chi connectivity index (χ3v) is 4.55. The molecule has 0 unspecified atom stereocenters. The standard InChI is InChI=1S/C23H15N3O3/c24-13-15-5-1-2-6-18(15)19-11-16(20-7-3-4-10-25-20)14-26(23(19)29)17-8-9-21(27)22(28)12-17/h1-12,14,27-28H. The van der Waals surface area contributed by atoms with Crippen molar-refractivity contribution in [1.29, 1.82) is 5.26 Å². The van der Waals surface area contributed by atoms with E-state index >= 15 is 0 Å². The predicted octanol–water partition coefficient (Wildman–Crippen LogP) is 3.85. The molecule has 0 saturated heterocycles. The number of rotatable bonds is 3. The fraction of sp³-hybridized carbons (Fsp3) is 0. The minimum atomic E-state index is -0.363. The van der Waals surface area contributed by atoms with Gasteiger partial charge in [0, 0.05) is 35.2 Å². The third kappa shape index (κ3) is 3.33. The van der Waals surface area contributed by atoms with Crippen molar-refractivity contribution in [2.75, 3.05) is 0 Å². The van der Waals surface area contributed by atoms with Crippen LogP contribution < -0.4 is 5.56 Å². The van der Waals surface area contributed by atoms with Crippen LogP contribution in [0, 0.1) is 11.3 Å². The lowest BCUT2D eigenvalue weighted by Gasteiger charge is -2.13. The van der Waals surface area contributed by atoms with E-state index in [1.54, 1.807) is 48.8 Å². The van der Waals surface area contributed by atoms with Gasteiger partial charge in [-0.25, -0.2) is 0 Å². The molecule has 140 valence electrons. The van der Waals surface area contributed by atoms with Crippen molar-refractivity contribution < 1.29 is 10.2 Å². The molecule has 0 fully saturated rings. The van der Waals surface area contributed by atoms with Crippen LogP contribution in [0.25, 0.3) is 28.1 Å². The smallest absolute Gasteiger partial charge is 0.263 e. The molecule has 6 nitrogen and oxygen atoms in total. The second-order valence-electron chi connectivity index (χ2n) is 6.36. The highest BCUT2D eigenvalue weighted by atomic mass is 16.3. The lowest BCUT2D eigenvalue weighted by Crippen LogP contribution is -2.20. The molecule has 2 N–H and O–H groups in total. The average molecular weight is 381 g/mol. The molecule has 0 radical (unpaired) electrons. The number of hydrogen-bond donors (Lipinski definition) is 2. The minimum Gasteiger partial charge on any atom is -0.504 e. The monoisotopic (exact) mass is 381 g/mol. The summed E-state index contributed by atoms with van der Waals surface area (Å²) < 4.78 is 1.37. The second-order valence-corrected chi connectivity index (χ2v) is 6.36. The van der Waals surface area contributed by atoms with Gasteiger partial charge in [-0.2, -0.15) is 5.26 Å². The zero-order valence-corrected chi connectivity index (χ0v) is 15.1. The van der Waals surface area contributed by atoms with Gasteiger partial charge in [-0.3, -0.25) is 14.3 Å². The largest absolute Gasteiger partial charge is 0.504 e. The molecule has 29 heavy (non-hydrogen) atoms. The van der Waals surface area contributed by atoms with Gasteiger partial charge in [0.2, 0.25) is 0 Å². The lowest BCUT2D eigenvalue weighted by molar-refractivity contribution is 0.403. The van der Waals surface area contributed by atoms with Crippen molar-refractivity contribution in [1.82, 2.24) is 9.55 Å². The van der Waals surface area contributed by atoms with Crippen molar-refractivity contribution in [3.05, 3.63) is 95.0 Å². The number of pyridine rings is 2. The van der Waals surface area contributed by atoms with Crippen LogP contribution in [-0.4, -0.2) is 19.8 Å². The van der Waals surface area contributed by atoms with Crippen LogP contribution in [0.3, 0.4) is 0 Å². The highest BCUT2D eigenvalue weighted by Crippen LogP contribution is 2.29. The summed E-state index contributed by atoms with van der Waals surface area (Å²) in [4.78, 5) is 17.7. The van der Waals surface area contributed by atoms with Crippen molar-refractivity contribution in [3.63, 3.8) is 0 Å². The van der Waals surface area contributed by atoms with E-state index < -0.39 is 0 Å². The molecular formula is C23H15N3O3. The van der Waals surface area contributed by atoms with Crippen LogP contribution in [0.2, 0.25) is 0 Å². The molecule has 0 aliphatic heterocycles. The molecule has 4 rings (SSSR count). The zero-order chi connectivity index (χ0) is 20.4. The van der Waals surface area contributed by atoms with Gasteiger partial charge in [0.25, 0.3) is 5.56 Å². The Morgan fingerprint density at radius 3 is 2.41 bits per heavy atom. The van der Waals surface area contributed by atoms with Crippen molar-refractivity contribution in [2.45, 2.75) is 0 Å². The van der Waals surface area contributed by atoms with Crippen LogP contribution in [0.15, 0.2) is 83.9 Å². The molecule has 2 aromatic heterocycles. The van der Waals surface area contributed by atoms with Crippen molar-refractivity contribution >= 4 is 0 Å². The van der Waals surface area contributed by atoms with Gasteiger partial charge in [0.1, 0.15) is 0 Å². The quantitative estimate of drug-likeness (QED) is 0.525. The Balaban J connectivity index is 2.04. The fourth-order valence-corrected chi connectivity index (χ4v) is 3.12. The number of aromatic hydroxyl groups is 2. The molecule has 0 atom stereocenters. The third-order valence-electron chi connectivity index (χ3n) is 4.55. The van der Waals surface area contributed by atoms with Gasteiger partial charge < -0.3 is 10.2 Å². The first kappa shape index (κ1) is 18.0. The molecule has 0 spiro atoms. The van der Waals surface area contributed by atoms with Crippen LogP contribution in [-0.2, 0) is 0 Å². The first-order valence-corrected chi connectivity index (χ1v) is 8.78. The van der Waals surface area contributed by atoms with Gasteiger partial charge in [-0.15, -0.1) is 0 Å². The number of phenols is 2. The first-order chi connectivity index (χ1) is 14.1. The van der Waals surface area contributed by atoms with Crippen molar-refractivity contribution in [3.8, 4) is 45.6 Å². The summed E-state index contributed by atoms with van der Waals surface area (Å²) in [6, 6.07) is 20.3. The van der Waals surface area contributed by atoms with Gasteiger partial charge in [-0.1, -0.05) is 24.3 Å². The molecule has 0 saturated carbocycles. The van der Waals surface area contributed by atoms with E-state index in [1.165, 1.54) is 22.8 Å². The summed E-state index contributed by atoms with van der Waals surface area (Å²) in [6.45, 7) is 0. The Bertz CT molecular complexity index is 1310. The minimum absolute atomic E-state index is 0.280. The van der Waals surface area contributed by atoms with Crippen LogP contribution in [0.4, 0.5) is 0 Å². The SMILES string of the molecule is N#Cc1ccccc1-c1cc(-c2ccccn2)cn(-c2ccc(O)c(O)c2)c1=O. The summed E-state index contributed by atoms with van der Waals surface area (Å²) in [5.41, 5.74) is 2.55. The number of benzene rings is 2. The lowest BCUT2D eigenvalue weighted by atomic mass is 9.99. The molecular weight excluding hydrogens is 366 g/mol. The molecule has 4 aromatic rings.